The lowest BCUT2D eigenvalue weighted by Gasteiger charge is -2.09. The Morgan fingerprint density at radius 2 is 1.75 bits per heavy atom. The summed E-state index contributed by atoms with van der Waals surface area (Å²) < 4.78 is 4.80. The molecular formula is C21H25NO2. The van der Waals surface area contributed by atoms with Crippen LogP contribution in [0.3, 0.4) is 0 Å². The van der Waals surface area contributed by atoms with E-state index >= 15 is 0 Å². The zero-order valence-electron chi connectivity index (χ0n) is 14.8. The smallest absolute Gasteiger partial charge is 0.340 e. The van der Waals surface area contributed by atoms with Crippen molar-refractivity contribution in [3.05, 3.63) is 65.2 Å². The predicted molar refractivity (Wildman–Crippen MR) is 99.3 cm³/mol. The van der Waals surface area contributed by atoms with Crippen LogP contribution >= 0.6 is 0 Å². The van der Waals surface area contributed by atoms with Gasteiger partial charge in [-0.15, -0.1) is 0 Å². The van der Waals surface area contributed by atoms with Gasteiger partial charge in [-0.25, -0.2) is 4.79 Å². The molecule has 1 unspecified atom stereocenters. The van der Waals surface area contributed by atoms with E-state index in [1.54, 1.807) is 6.07 Å². The summed E-state index contributed by atoms with van der Waals surface area (Å²) in [6.45, 7) is 6.52. The Bertz CT molecular complexity index is 702. The number of hydrogen-bond donors (Lipinski definition) is 0. The Balaban J connectivity index is 2.05. The average molecular weight is 323 g/mol. The molecule has 0 saturated carbocycles. The first-order chi connectivity index (χ1) is 11.5. The second-order valence-electron chi connectivity index (χ2n) is 6.36. The van der Waals surface area contributed by atoms with Crippen LogP contribution in [0.5, 0.6) is 0 Å². The minimum Gasteiger partial charge on any atom is -0.465 e. The molecule has 0 aliphatic heterocycles. The van der Waals surface area contributed by atoms with Crippen molar-refractivity contribution in [2.24, 2.45) is 10.9 Å². The molecule has 0 heterocycles. The van der Waals surface area contributed by atoms with E-state index in [4.69, 9.17) is 4.74 Å². The number of ether oxygens (including phenoxy) is 1. The van der Waals surface area contributed by atoms with E-state index in [0.717, 1.165) is 6.42 Å². The first-order valence-corrected chi connectivity index (χ1v) is 8.31. The molecule has 0 aliphatic carbocycles. The molecule has 1 atom stereocenters. The first-order valence-electron chi connectivity index (χ1n) is 8.31. The van der Waals surface area contributed by atoms with Crippen LogP contribution in [0.4, 0.5) is 5.69 Å². The Kier molecular flexibility index (Phi) is 6.30. The van der Waals surface area contributed by atoms with Crippen LogP contribution in [0.15, 0.2) is 53.5 Å². The number of aliphatic imine (C=N–C) groups is 1. The van der Waals surface area contributed by atoms with Gasteiger partial charge in [-0.05, 0) is 41.5 Å². The molecule has 0 N–H and O–H groups in total. The summed E-state index contributed by atoms with van der Waals surface area (Å²) in [5.41, 5.74) is 3.78. The van der Waals surface area contributed by atoms with Crippen LogP contribution in [-0.2, 0) is 11.2 Å². The van der Waals surface area contributed by atoms with Gasteiger partial charge in [0.1, 0.15) is 0 Å². The van der Waals surface area contributed by atoms with Gasteiger partial charge >= 0.3 is 5.97 Å². The third-order valence-corrected chi connectivity index (χ3v) is 3.98. The van der Waals surface area contributed by atoms with E-state index in [2.05, 4.69) is 50.0 Å². The van der Waals surface area contributed by atoms with Gasteiger partial charge in [0.25, 0.3) is 0 Å². The molecule has 0 amide bonds. The molecule has 2 rings (SSSR count). The average Bonchev–Trinajstić information content (AvgIpc) is 2.60. The van der Waals surface area contributed by atoms with Crippen molar-refractivity contribution in [3.63, 3.8) is 0 Å². The molecule has 3 nitrogen and oxygen atoms in total. The summed E-state index contributed by atoms with van der Waals surface area (Å²) in [5.74, 6) is 0.466. The number of carbonyl (C=O) groups is 1. The van der Waals surface area contributed by atoms with Gasteiger partial charge in [0.2, 0.25) is 0 Å². The van der Waals surface area contributed by atoms with E-state index in [1.807, 2.05) is 24.4 Å². The topological polar surface area (TPSA) is 38.7 Å². The van der Waals surface area contributed by atoms with Gasteiger partial charge < -0.3 is 4.74 Å². The van der Waals surface area contributed by atoms with Crippen molar-refractivity contribution in [2.45, 2.75) is 33.1 Å². The zero-order valence-corrected chi connectivity index (χ0v) is 14.8. The number of nitrogens with zero attached hydrogens (tertiary/aromatic N) is 1. The number of carbonyl (C=O) groups excluding carboxylic acids is 1. The number of esters is 1. The Labute approximate surface area is 144 Å². The fourth-order valence-electron chi connectivity index (χ4n) is 2.54. The molecule has 126 valence electrons. The summed E-state index contributed by atoms with van der Waals surface area (Å²) >= 11 is 0. The largest absolute Gasteiger partial charge is 0.465 e. The lowest BCUT2D eigenvalue weighted by molar-refractivity contribution is 0.0601. The Morgan fingerprint density at radius 1 is 1.08 bits per heavy atom. The number of hydrogen-bond acceptors (Lipinski definition) is 3. The Hall–Kier alpha value is -2.42. The molecule has 0 radical (unpaired) electrons. The molecule has 0 aromatic heterocycles. The highest BCUT2D eigenvalue weighted by atomic mass is 16.5. The van der Waals surface area contributed by atoms with E-state index < -0.39 is 0 Å². The highest BCUT2D eigenvalue weighted by Crippen LogP contribution is 2.20. The first kappa shape index (κ1) is 17.9. The van der Waals surface area contributed by atoms with E-state index in [9.17, 15) is 4.79 Å². The molecule has 3 heteroatoms. The monoisotopic (exact) mass is 323 g/mol. The zero-order chi connectivity index (χ0) is 17.5. The number of para-hydroxylation sites is 1. The number of rotatable bonds is 6. The highest BCUT2D eigenvalue weighted by Gasteiger charge is 2.10. The molecule has 0 fully saturated rings. The summed E-state index contributed by atoms with van der Waals surface area (Å²) in [6, 6.07) is 16.0. The summed E-state index contributed by atoms with van der Waals surface area (Å²) in [7, 11) is 1.38. The lowest BCUT2D eigenvalue weighted by Crippen LogP contribution is -2.03. The summed E-state index contributed by atoms with van der Waals surface area (Å²) in [4.78, 5) is 16.3. The predicted octanol–water partition coefficient (Wildman–Crippen LogP) is 5.18. The van der Waals surface area contributed by atoms with Crippen molar-refractivity contribution >= 4 is 17.9 Å². The van der Waals surface area contributed by atoms with E-state index in [-0.39, 0.29) is 11.9 Å². The lowest BCUT2D eigenvalue weighted by atomic mass is 9.97. The number of methoxy groups -OCH3 is 1. The van der Waals surface area contributed by atoms with Crippen LogP contribution in [-0.4, -0.2) is 19.3 Å². The third kappa shape index (κ3) is 4.79. The van der Waals surface area contributed by atoms with Crippen molar-refractivity contribution in [2.75, 3.05) is 7.11 Å². The molecule has 0 spiro atoms. The highest BCUT2D eigenvalue weighted by molar-refractivity contribution is 5.95. The van der Waals surface area contributed by atoms with Gasteiger partial charge in [0.15, 0.2) is 0 Å². The fourth-order valence-corrected chi connectivity index (χ4v) is 2.54. The second-order valence-corrected chi connectivity index (χ2v) is 6.36. The molecule has 2 aromatic rings. The minimum atomic E-state index is -0.361. The maximum atomic E-state index is 11.8. The quantitative estimate of drug-likeness (QED) is 0.543. The van der Waals surface area contributed by atoms with E-state index in [0.29, 0.717) is 17.2 Å². The second kappa shape index (κ2) is 8.44. The molecule has 0 aliphatic rings. The molecule has 0 bridgehead atoms. The van der Waals surface area contributed by atoms with Crippen LogP contribution in [0.25, 0.3) is 0 Å². The fraction of sp³-hybridized carbons (Fsp3) is 0.333. The van der Waals surface area contributed by atoms with Gasteiger partial charge in [-0.2, -0.15) is 0 Å². The molecule has 2 aromatic carbocycles. The SMILES string of the molecule is COC(=O)c1ccccc1N=CC(C)Cc1ccc(C(C)C)cc1. The summed E-state index contributed by atoms with van der Waals surface area (Å²) in [5, 5.41) is 0. The van der Waals surface area contributed by atoms with Gasteiger partial charge in [0, 0.05) is 6.21 Å². The minimum absolute atomic E-state index is 0.278. The van der Waals surface area contributed by atoms with Crippen LogP contribution < -0.4 is 0 Å². The maximum absolute atomic E-state index is 11.8. The number of benzene rings is 2. The maximum Gasteiger partial charge on any atom is 0.340 e. The Morgan fingerprint density at radius 3 is 2.38 bits per heavy atom. The van der Waals surface area contributed by atoms with Crippen LogP contribution in [0.1, 0.15) is 48.2 Å². The van der Waals surface area contributed by atoms with Crippen molar-refractivity contribution in [1.82, 2.24) is 0 Å². The normalized spacial score (nSPS) is 12.5. The van der Waals surface area contributed by atoms with Crippen molar-refractivity contribution in [1.29, 1.82) is 0 Å². The standard InChI is InChI=1S/C21H25NO2/c1-15(2)18-11-9-17(10-12-18)13-16(3)14-22-20-8-6-5-7-19(20)21(23)24-4/h5-12,14-16H,13H2,1-4H3. The van der Waals surface area contributed by atoms with Gasteiger partial charge in [0.05, 0.1) is 18.4 Å². The van der Waals surface area contributed by atoms with Crippen molar-refractivity contribution in [3.8, 4) is 0 Å². The van der Waals surface area contributed by atoms with Crippen LogP contribution in [0.2, 0.25) is 0 Å². The summed E-state index contributed by atoms with van der Waals surface area (Å²) in [6.07, 6.45) is 2.82. The molecule has 0 saturated heterocycles. The van der Waals surface area contributed by atoms with Crippen molar-refractivity contribution < 1.29 is 9.53 Å². The van der Waals surface area contributed by atoms with Crippen LogP contribution in [0, 0.1) is 5.92 Å². The van der Waals surface area contributed by atoms with Gasteiger partial charge in [-0.1, -0.05) is 57.2 Å². The third-order valence-electron chi connectivity index (χ3n) is 3.98. The van der Waals surface area contributed by atoms with E-state index in [1.165, 1.54) is 18.2 Å². The molecular weight excluding hydrogens is 298 g/mol. The molecule has 24 heavy (non-hydrogen) atoms. The van der Waals surface area contributed by atoms with Gasteiger partial charge in [-0.3, -0.25) is 4.99 Å².